The van der Waals surface area contributed by atoms with Gasteiger partial charge in [-0.15, -0.1) is 6.58 Å². The number of cyclic esters (lactones) is 2. The summed E-state index contributed by atoms with van der Waals surface area (Å²) in [6, 6.07) is 9.07. The van der Waals surface area contributed by atoms with Crippen LogP contribution in [0.25, 0.3) is 0 Å². The molecule has 1 aromatic heterocycles. The minimum Gasteiger partial charge on any atom is -0.493 e. The first-order valence-electron chi connectivity index (χ1n) is 16.8. The van der Waals surface area contributed by atoms with Gasteiger partial charge in [0.25, 0.3) is 5.91 Å². The molecular weight excluding hydrogens is 632 g/mol. The number of hydrogen-bond acceptors (Lipinski definition) is 11. The van der Waals surface area contributed by atoms with Gasteiger partial charge in [-0.25, -0.2) is 9.78 Å². The average molecular weight is 681 g/mol. The predicted molar refractivity (Wildman–Crippen MR) is 180 cm³/mol. The number of esters is 4. The molecule has 1 fully saturated rings. The molecule has 0 aliphatic carbocycles. The molecule has 1 aliphatic heterocycles. The number of benzene rings is 1. The predicted octanol–water partition coefficient (Wildman–Crippen LogP) is 5.32. The average Bonchev–Trinajstić information content (AvgIpc) is 3.12. The molecule has 12 heteroatoms. The molecular formula is C37H48N2O10. The van der Waals surface area contributed by atoms with E-state index in [1.165, 1.54) is 26.3 Å². The van der Waals surface area contributed by atoms with Gasteiger partial charge in [0.1, 0.15) is 18.6 Å². The lowest BCUT2D eigenvalue weighted by atomic mass is 9.91. The van der Waals surface area contributed by atoms with Gasteiger partial charge in [-0.05, 0) is 38.2 Å². The van der Waals surface area contributed by atoms with E-state index in [1.54, 1.807) is 13.8 Å². The molecule has 0 spiro atoms. The van der Waals surface area contributed by atoms with Crippen LogP contribution in [0.1, 0.15) is 88.2 Å². The van der Waals surface area contributed by atoms with Crippen molar-refractivity contribution in [1.82, 2.24) is 10.3 Å². The van der Waals surface area contributed by atoms with Crippen molar-refractivity contribution in [1.29, 1.82) is 0 Å². The number of amides is 1. The molecule has 4 atom stereocenters. The third-order valence-electron chi connectivity index (χ3n) is 8.03. The Morgan fingerprint density at radius 2 is 1.71 bits per heavy atom. The fourth-order valence-corrected chi connectivity index (χ4v) is 5.26. The number of rotatable bonds is 17. The molecule has 3 rings (SSSR count). The Morgan fingerprint density at radius 3 is 2.39 bits per heavy atom. The van der Waals surface area contributed by atoms with Gasteiger partial charge in [0.15, 0.2) is 23.6 Å². The summed E-state index contributed by atoms with van der Waals surface area (Å²) in [6.45, 7) is 7.96. The van der Waals surface area contributed by atoms with Gasteiger partial charge in [0.05, 0.1) is 13.0 Å². The van der Waals surface area contributed by atoms with E-state index in [1.807, 2.05) is 36.4 Å². The highest BCUT2D eigenvalue weighted by molar-refractivity contribution is 5.99. The fraction of sp³-hybridized carbons (Fsp3) is 0.514. The van der Waals surface area contributed by atoms with Crippen molar-refractivity contribution >= 4 is 29.8 Å². The summed E-state index contributed by atoms with van der Waals surface area (Å²) < 4.78 is 27.8. The van der Waals surface area contributed by atoms with Crippen LogP contribution in [0.15, 0.2) is 55.3 Å². The second-order valence-electron chi connectivity index (χ2n) is 12.3. The SMILES string of the molecule is C=CCCCCCCCCC(=O)Oc1c(OC)ccnc1C(=O)N[C@H]1COC(=O)[C@H](Cc2ccccc2)[C@@H](OC(=O)C(C)C)[C@H](C)OC1=O. The van der Waals surface area contributed by atoms with Gasteiger partial charge in [-0.1, -0.05) is 75.9 Å². The van der Waals surface area contributed by atoms with Crippen molar-refractivity contribution in [2.45, 2.75) is 96.8 Å². The third-order valence-corrected chi connectivity index (χ3v) is 8.03. The highest BCUT2D eigenvalue weighted by Gasteiger charge is 2.42. The monoisotopic (exact) mass is 680 g/mol. The number of carbonyl (C=O) groups excluding carboxylic acids is 5. The molecule has 266 valence electrons. The Kier molecular flexibility index (Phi) is 15.7. The van der Waals surface area contributed by atoms with Crippen molar-refractivity contribution < 1.29 is 47.7 Å². The fourth-order valence-electron chi connectivity index (χ4n) is 5.26. The zero-order valence-electron chi connectivity index (χ0n) is 28.8. The van der Waals surface area contributed by atoms with E-state index < -0.39 is 66.5 Å². The van der Waals surface area contributed by atoms with Gasteiger partial charge in [0.2, 0.25) is 5.75 Å². The van der Waals surface area contributed by atoms with Crippen molar-refractivity contribution in [3.8, 4) is 11.5 Å². The first-order valence-corrected chi connectivity index (χ1v) is 16.8. The Morgan fingerprint density at radius 1 is 1.02 bits per heavy atom. The Hall–Kier alpha value is -4.74. The number of aromatic nitrogens is 1. The number of ether oxygens (including phenoxy) is 5. The largest absolute Gasteiger partial charge is 0.493 e. The summed E-state index contributed by atoms with van der Waals surface area (Å²) in [4.78, 5) is 69.9. The maximum atomic E-state index is 13.5. The van der Waals surface area contributed by atoms with E-state index in [-0.39, 0.29) is 30.0 Å². The first-order chi connectivity index (χ1) is 23.5. The summed E-state index contributed by atoms with van der Waals surface area (Å²) in [5.41, 5.74) is 0.468. The van der Waals surface area contributed by atoms with Crippen LogP contribution in [0.3, 0.4) is 0 Å². The van der Waals surface area contributed by atoms with Crippen LogP contribution in [-0.4, -0.2) is 66.7 Å². The number of carbonyl (C=O) groups is 5. The minimum absolute atomic E-state index is 0.0892. The van der Waals surface area contributed by atoms with E-state index in [4.69, 9.17) is 23.7 Å². The van der Waals surface area contributed by atoms with E-state index in [9.17, 15) is 24.0 Å². The molecule has 0 unspecified atom stereocenters. The number of nitrogens with one attached hydrogen (secondary N) is 1. The van der Waals surface area contributed by atoms with Crippen molar-refractivity contribution in [3.63, 3.8) is 0 Å². The normalized spacial score (nSPS) is 19.4. The van der Waals surface area contributed by atoms with Crippen LogP contribution >= 0.6 is 0 Å². The van der Waals surface area contributed by atoms with Gasteiger partial charge in [-0.2, -0.15) is 0 Å². The lowest BCUT2D eigenvalue weighted by molar-refractivity contribution is -0.176. The summed E-state index contributed by atoms with van der Waals surface area (Å²) >= 11 is 0. The number of methoxy groups -OCH3 is 1. The molecule has 1 aromatic carbocycles. The molecule has 12 nitrogen and oxygen atoms in total. The number of allylic oxidation sites excluding steroid dienone is 1. The van der Waals surface area contributed by atoms with E-state index in [0.29, 0.717) is 6.42 Å². The van der Waals surface area contributed by atoms with Crippen LogP contribution in [0.4, 0.5) is 0 Å². The molecule has 1 aliphatic rings. The topological polar surface area (TPSA) is 156 Å². The Bertz CT molecular complexity index is 1430. The molecule has 1 saturated heterocycles. The van der Waals surface area contributed by atoms with Crippen LogP contribution in [-0.2, 0) is 39.8 Å². The van der Waals surface area contributed by atoms with Crippen molar-refractivity contribution in [2.24, 2.45) is 11.8 Å². The van der Waals surface area contributed by atoms with Crippen molar-refractivity contribution in [2.75, 3.05) is 13.7 Å². The maximum absolute atomic E-state index is 13.5. The quantitative estimate of drug-likeness (QED) is 0.0999. The summed E-state index contributed by atoms with van der Waals surface area (Å²) in [5, 5.41) is 2.49. The highest BCUT2D eigenvalue weighted by atomic mass is 16.6. The molecule has 2 aromatic rings. The molecule has 0 saturated carbocycles. The lowest BCUT2D eigenvalue weighted by Crippen LogP contribution is -2.47. The molecule has 1 amide bonds. The Labute approximate surface area is 287 Å². The van der Waals surface area contributed by atoms with Crippen LogP contribution in [0, 0.1) is 11.8 Å². The number of unbranched alkanes of at least 4 members (excludes halogenated alkanes) is 6. The molecule has 0 radical (unpaired) electrons. The zero-order chi connectivity index (χ0) is 35.8. The standard InChI is InChI=1S/C37H48N2O10/c1-6-7-8-9-10-11-12-16-19-30(40)48-33-29(45-5)20-21-38-31(33)34(41)39-28-23-46-36(43)27(22-26-17-14-13-15-18-26)32(25(4)47-37(28)44)49-35(42)24(2)3/h6,13-15,17-18,20-21,24-25,27-28,32H,1,7-12,16,19,22-23H2,2-5H3,(H,39,41)/t25-,27+,28-,32-/m0/s1. The lowest BCUT2D eigenvalue weighted by Gasteiger charge is -2.29. The number of nitrogens with zero attached hydrogens (tertiary/aromatic N) is 1. The highest BCUT2D eigenvalue weighted by Crippen LogP contribution is 2.31. The summed E-state index contributed by atoms with van der Waals surface area (Å²) in [5.74, 6) is -5.33. The molecule has 2 heterocycles. The van der Waals surface area contributed by atoms with Gasteiger partial charge in [-0.3, -0.25) is 19.2 Å². The minimum atomic E-state index is -1.46. The first kappa shape index (κ1) is 38.7. The molecule has 1 N–H and O–H groups in total. The van der Waals surface area contributed by atoms with Crippen LogP contribution in [0.2, 0.25) is 0 Å². The number of hydrogen-bond donors (Lipinski definition) is 1. The van der Waals surface area contributed by atoms with E-state index in [2.05, 4.69) is 16.9 Å². The van der Waals surface area contributed by atoms with Crippen LogP contribution in [0.5, 0.6) is 11.5 Å². The molecule has 0 bridgehead atoms. The number of pyridine rings is 1. The van der Waals surface area contributed by atoms with E-state index in [0.717, 1.165) is 44.1 Å². The van der Waals surface area contributed by atoms with Crippen molar-refractivity contribution in [3.05, 3.63) is 66.5 Å². The maximum Gasteiger partial charge on any atom is 0.332 e. The van der Waals surface area contributed by atoms with Crippen LogP contribution < -0.4 is 14.8 Å². The molecule has 49 heavy (non-hydrogen) atoms. The van der Waals surface area contributed by atoms with Gasteiger partial charge in [0, 0.05) is 18.7 Å². The second kappa shape index (κ2) is 19.9. The summed E-state index contributed by atoms with van der Waals surface area (Å²) in [6.07, 6.45) is 7.95. The third kappa shape index (κ3) is 12.0. The second-order valence-corrected chi connectivity index (χ2v) is 12.3. The van der Waals surface area contributed by atoms with Gasteiger partial charge < -0.3 is 29.0 Å². The summed E-state index contributed by atoms with van der Waals surface area (Å²) in [7, 11) is 1.35. The smallest absolute Gasteiger partial charge is 0.332 e. The zero-order valence-corrected chi connectivity index (χ0v) is 28.8. The Balaban J connectivity index is 1.74. The van der Waals surface area contributed by atoms with E-state index >= 15 is 0 Å². The van der Waals surface area contributed by atoms with Gasteiger partial charge >= 0.3 is 23.9 Å².